The van der Waals surface area contributed by atoms with E-state index in [1.54, 1.807) is 10.9 Å². The number of aliphatic hydroxyl groups is 1. The lowest BCUT2D eigenvalue weighted by Crippen LogP contribution is -2.41. The van der Waals surface area contributed by atoms with Gasteiger partial charge in [0.05, 0.1) is 29.7 Å². The topological polar surface area (TPSA) is 67.2 Å². The van der Waals surface area contributed by atoms with E-state index in [2.05, 4.69) is 28.6 Å². The Morgan fingerprint density at radius 1 is 1.38 bits per heavy atom. The first-order valence-corrected chi connectivity index (χ1v) is 9.24. The first kappa shape index (κ1) is 18.5. The van der Waals surface area contributed by atoms with Gasteiger partial charge in [-0.1, -0.05) is 12.1 Å². The minimum atomic E-state index is -0.163. The van der Waals surface area contributed by atoms with Gasteiger partial charge in [-0.25, -0.2) is 4.68 Å². The van der Waals surface area contributed by atoms with Gasteiger partial charge in [0.15, 0.2) is 0 Å². The summed E-state index contributed by atoms with van der Waals surface area (Å²) in [6.45, 7) is 7.89. The predicted molar refractivity (Wildman–Crippen MR) is 99.1 cm³/mol. The second-order valence-corrected chi connectivity index (χ2v) is 7.14. The Morgan fingerprint density at radius 2 is 2.08 bits per heavy atom. The summed E-state index contributed by atoms with van der Waals surface area (Å²) in [6, 6.07) is 6.05. The summed E-state index contributed by atoms with van der Waals surface area (Å²) >= 11 is 1.54. The molecule has 2 N–H and O–H groups in total. The summed E-state index contributed by atoms with van der Waals surface area (Å²) in [5.41, 5.74) is 4.60. The van der Waals surface area contributed by atoms with E-state index in [9.17, 15) is 9.90 Å². The van der Waals surface area contributed by atoms with E-state index >= 15 is 0 Å². The maximum Gasteiger partial charge on any atom is 0.255 e. The molecule has 2 rings (SSSR count). The summed E-state index contributed by atoms with van der Waals surface area (Å²) in [4.78, 5) is 12.6. The molecule has 0 radical (unpaired) electrons. The van der Waals surface area contributed by atoms with Crippen LogP contribution < -0.4 is 5.32 Å². The van der Waals surface area contributed by atoms with Gasteiger partial charge in [0.25, 0.3) is 5.91 Å². The van der Waals surface area contributed by atoms with Crippen molar-refractivity contribution in [1.82, 2.24) is 15.1 Å². The maximum atomic E-state index is 12.6. The highest BCUT2D eigenvalue weighted by Crippen LogP contribution is 2.19. The Bertz CT molecular complexity index is 723. The minimum absolute atomic E-state index is 0.0247. The summed E-state index contributed by atoms with van der Waals surface area (Å²) < 4.78 is 1.81. The number of hydrogen-bond acceptors (Lipinski definition) is 4. The summed E-state index contributed by atoms with van der Waals surface area (Å²) in [6.07, 6.45) is 3.53. The Labute approximate surface area is 147 Å². The molecule has 0 saturated carbocycles. The van der Waals surface area contributed by atoms with Crippen molar-refractivity contribution < 1.29 is 9.90 Å². The molecule has 24 heavy (non-hydrogen) atoms. The SMILES string of the molecule is CSC(CO)C(C)NC(=O)c1cnn(-c2cc(C)ccc2C)c1C. The van der Waals surface area contributed by atoms with Crippen LogP contribution in [0.5, 0.6) is 0 Å². The number of amides is 1. The number of carbonyl (C=O) groups excluding carboxylic acids is 1. The first-order valence-electron chi connectivity index (χ1n) is 7.95. The number of aliphatic hydroxyl groups excluding tert-OH is 1. The van der Waals surface area contributed by atoms with Crippen molar-refractivity contribution in [2.75, 3.05) is 12.9 Å². The van der Waals surface area contributed by atoms with E-state index in [1.807, 2.05) is 34.0 Å². The molecule has 6 heteroatoms. The number of hydrogen-bond donors (Lipinski definition) is 2. The number of benzene rings is 1. The Balaban J connectivity index is 2.26. The first-order chi connectivity index (χ1) is 11.4. The third-order valence-electron chi connectivity index (χ3n) is 4.25. The lowest BCUT2D eigenvalue weighted by Gasteiger charge is -2.21. The number of rotatable bonds is 6. The highest BCUT2D eigenvalue weighted by Gasteiger charge is 2.21. The zero-order chi connectivity index (χ0) is 17.9. The third kappa shape index (κ3) is 3.82. The minimum Gasteiger partial charge on any atom is -0.395 e. The summed E-state index contributed by atoms with van der Waals surface area (Å²) in [5.74, 6) is -0.163. The molecule has 2 aromatic rings. The molecule has 0 saturated heterocycles. The molecular formula is C18H25N3O2S. The normalized spacial score (nSPS) is 13.6. The van der Waals surface area contributed by atoms with Crippen molar-refractivity contribution in [3.05, 3.63) is 46.8 Å². The fourth-order valence-electron chi connectivity index (χ4n) is 2.64. The van der Waals surface area contributed by atoms with Crippen molar-refractivity contribution >= 4 is 17.7 Å². The molecule has 2 unspecified atom stereocenters. The lowest BCUT2D eigenvalue weighted by molar-refractivity contribution is 0.0935. The van der Waals surface area contributed by atoms with Crippen LogP contribution in [0.1, 0.15) is 34.1 Å². The standard InChI is InChI=1S/C18H25N3O2S/c1-11-6-7-12(2)16(8-11)21-14(4)15(9-19-21)18(23)20-13(3)17(10-22)24-5/h6-9,13,17,22H,10H2,1-5H3,(H,20,23). The number of nitrogens with zero attached hydrogens (tertiary/aromatic N) is 2. The monoisotopic (exact) mass is 347 g/mol. The Morgan fingerprint density at radius 3 is 2.71 bits per heavy atom. The number of aromatic nitrogens is 2. The van der Waals surface area contributed by atoms with Crippen LogP contribution in [0.2, 0.25) is 0 Å². The molecule has 0 fully saturated rings. The van der Waals surface area contributed by atoms with Gasteiger partial charge in [-0.05, 0) is 51.1 Å². The van der Waals surface area contributed by atoms with Gasteiger partial charge < -0.3 is 10.4 Å². The van der Waals surface area contributed by atoms with Crippen molar-refractivity contribution in [2.45, 2.75) is 39.0 Å². The molecular weight excluding hydrogens is 322 g/mol. The number of carbonyl (C=O) groups is 1. The van der Waals surface area contributed by atoms with Crippen molar-refractivity contribution in [2.24, 2.45) is 0 Å². The van der Waals surface area contributed by atoms with Gasteiger partial charge in [-0.2, -0.15) is 16.9 Å². The van der Waals surface area contributed by atoms with E-state index in [1.165, 1.54) is 11.8 Å². The van der Waals surface area contributed by atoms with Crippen molar-refractivity contribution in [3.8, 4) is 5.69 Å². The molecule has 1 amide bonds. The average Bonchev–Trinajstić information content (AvgIpc) is 2.92. The fraction of sp³-hybridized carbons (Fsp3) is 0.444. The van der Waals surface area contributed by atoms with Gasteiger partial charge in [0, 0.05) is 11.3 Å². The molecule has 130 valence electrons. The Hall–Kier alpha value is -1.79. The van der Waals surface area contributed by atoms with Crippen LogP contribution in [0.25, 0.3) is 5.69 Å². The van der Waals surface area contributed by atoms with Gasteiger partial charge in [-0.15, -0.1) is 0 Å². The maximum absolute atomic E-state index is 12.6. The summed E-state index contributed by atoms with van der Waals surface area (Å²) in [7, 11) is 0. The number of nitrogens with one attached hydrogen (secondary N) is 1. The zero-order valence-corrected chi connectivity index (χ0v) is 15.6. The fourth-order valence-corrected chi connectivity index (χ4v) is 3.26. The molecule has 5 nitrogen and oxygen atoms in total. The van der Waals surface area contributed by atoms with E-state index in [0.717, 1.165) is 22.5 Å². The lowest BCUT2D eigenvalue weighted by atomic mass is 10.1. The van der Waals surface area contributed by atoms with Crippen LogP contribution in [0.3, 0.4) is 0 Å². The molecule has 0 bridgehead atoms. The average molecular weight is 347 g/mol. The number of aryl methyl sites for hydroxylation is 2. The van der Waals surface area contributed by atoms with Gasteiger partial charge in [0.1, 0.15) is 0 Å². The van der Waals surface area contributed by atoms with E-state index < -0.39 is 0 Å². The van der Waals surface area contributed by atoms with Crippen LogP contribution in [0, 0.1) is 20.8 Å². The molecule has 1 aromatic heterocycles. The van der Waals surface area contributed by atoms with E-state index in [4.69, 9.17) is 0 Å². The van der Waals surface area contributed by atoms with Crippen LogP contribution in [0.15, 0.2) is 24.4 Å². The molecule has 0 aliphatic rings. The van der Waals surface area contributed by atoms with Gasteiger partial charge in [0.2, 0.25) is 0 Å². The zero-order valence-electron chi connectivity index (χ0n) is 14.8. The van der Waals surface area contributed by atoms with Gasteiger partial charge in [-0.3, -0.25) is 4.79 Å². The second kappa shape index (κ2) is 7.85. The van der Waals surface area contributed by atoms with Crippen LogP contribution >= 0.6 is 11.8 Å². The summed E-state index contributed by atoms with van der Waals surface area (Å²) in [5, 5.41) is 16.7. The predicted octanol–water partition coefficient (Wildman–Crippen LogP) is 2.64. The molecule has 1 aromatic carbocycles. The Kier molecular flexibility index (Phi) is 6.07. The van der Waals surface area contributed by atoms with Gasteiger partial charge >= 0.3 is 0 Å². The highest BCUT2D eigenvalue weighted by atomic mass is 32.2. The van der Waals surface area contributed by atoms with Crippen LogP contribution in [-0.4, -0.2) is 44.9 Å². The van der Waals surface area contributed by atoms with E-state index in [0.29, 0.717) is 5.56 Å². The second-order valence-electron chi connectivity index (χ2n) is 6.06. The smallest absolute Gasteiger partial charge is 0.255 e. The molecule has 0 aliphatic heterocycles. The van der Waals surface area contributed by atoms with E-state index in [-0.39, 0.29) is 23.8 Å². The molecule has 1 heterocycles. The van der Waals surface area contributed by atoms with Crippen molar-refractivity contribution in [3.63, 3.8) is 0 Å². The van der Waals surface area contributed by atoms with Crippen LogP contribution in [0.4, 0.5) is 0 Å². The van der Waals surface area contributed by atoms with Crippen LogP contribution in [-0.2, 0) is 0 Å². The highest BCUT2D eigenvalue weighted by molar-refractivity contribution is 7.99. The third-order valence-corrected chi connectivity index (χ3v) is 5.41. The van der Waals surface area contributed by atoms with Crippen molar-refractivity contribution in [1.29, 1.82) is 0 Å². The molecule has 2 atom stereocenters. The molecule has 0 spiro atoms. The molecule has 0 aliphatic carbocycles. The largest absolute Gasteiger partial charge is 0.395 e. The quantitative estimate of drug-likeness (QED) is 0.843. The number of thioether (sulfide) groups is 1.